The molecule has 0 aliphatic carbocycles. The van der Waals surface area contributed by atoms with Crippen LogP contribution in [0.2, 0.25) is 5.02 Å². The highest BCUT2D eigenvalue weighted by atomic mass is 35.5. The lowest BCUT2D eigenvalue weighted by atomic mass is 10.3. The Hall–Kier alpha value is -1.19. The highest BCUT2D eigenvalue weighted by Crippen LogP contribution is 2.15. The number of hydrogen-bond acceptors (Lipinski definition) is 1. The predicted octanol–water partition coefficient (Wildman–Crippen LogP) is 2.80. The van der Waals surface area contributed by atoms with Crippen molar-refractivity contribution in [2.24, 2.45) is 0 Å². The fourth-order valence-electron chi connectivity index (χ4n) is 1.59. The third-order valence-corrected chi connectivity index (χ3v) is 3.10. The van der Waals surface area contributed by atoms with Crippen molar-refractivity contribution < 1.29 is 0 Å². The van der Waals surface area contributed by atoms with Gasteiger partial charge in [0, 0.05) is 0 Å². The van der Waals surface area contributed by atoms with Gasteiger partial charge in [0.25, 0.3) is 5.56 Å². The van der Waals surface area contributed by atoms with E-state index >= 15 is 0 Å². The lowest BCUT2D eigenvalue weighted by molar-refractivity contribution is 0.614. The van der Waals surface area contributed by atoms with Crippen molar-refractivity contribution in [1.82, 2.24) is 9.36 Å². The minimum atomic E-state index is -0.244. The number of halogens is 2. The molecular formula is C11H10Cl2N2O. The molecule has 3 nitrogen and oxygen atoms in total. The van der Waals surface area contributed by atoms with Crippen molar-refractivity contribution in [1.29, 1.82) is 0 Å². The Morgan fingerprint density at radius 3 is 2.44 bits per heavy atom. The fraction of sp³-hybridized carbons (Fsp3) is 0.182. The summed E-state index contributed by atoms with van der Waals surface area (Å²) in [6.07, 6.45) is 0. The zero-order valence-corrected chi connectivity index (χ0v) is 10.2. The first-order chi connectivity index (χ1) is 7.66. The predicted molar refractivity (Wildman–Crippen MR) is 65.6 cm³/mol. The molecule has 0 aliphatic heterocycles. The summed E-state index contributed by atoms with van der Waals surface area (Å²) in [5, 5.41) is 0.213. The molecular weight excluding hydrogens is 247 g/mol. The van der Waals surface area contributed by atoms with Crippen LogP contribution in [0.1, 0.15) is 5.69 Å². The Morgan fingerprint density at radius 1 is 1.25 bits per heavy atom. The molecule has 2 aromatic rings. The minimum Gasteiger partial charge on any atom is -0.266 e. The van der Waals surface area contributed by atoms with E-state index in [4.69, 9.17) is 23.2 Å². The maximum atomic E-state index is 11.9. The van der Waals surface area contributed by atoms with E-state index < -0.39 is 0 Å². The van der Waals surface area contributed by atoms with Crippen LogP contribution in [0.15, 0.2) is 35.1 Å². The molecule has 16 heavy (non-hydrogen) atoms. The van der Waals surface area contributed by atoms with Crippen LogP contribution in [0, 0.1) is 6.92 Å². The quantitative estimate of drug-likeness (QED) is 0.760. The number of hydrogen-bond donors (Lipinski definition) is 0. The highest BCUT2D eigenvalue weighted by Gasteiger charge is 2.15. The lowest BCUT2D eigenvalue weighted by Crippen LogP contribution is -2.20. The van der Waals surface area contributed by atoms with Crippen molar-refractivity contribution in [2.75, 3.05) is 0 Å². The minimum absolute atomic E-state index is 0.183. The van der Waals surface area contributed by atoms with Crippen LogP contribution in [0.5, 0.6) is 0 Å². The van der Waals surface area contributed by atoms with Gasteiger partial charge in [-0.15, -0.1) is 11.6 Å². The van der Waals surface area contributed by atoms with E-state index in [2.05, 4.69) is 0 Å². The molecule has 1 aromatic carbocycles. The molecule has 2 rings (SSSR count). The van der Waals surface area contributed by atoms with Crippen LogP contribution in [0.25, 0.3) is 5.69 Å². The van der Waals surface area contributed by atoms with Crippen LogP contribution in [-0.2, 0) is 6.00 Å². The molecule has 84 valence electrons. The van der Waals surface area contributed by atoms with Crippen molar-refractivity contribution in [2.45, 2.75) is 12.9 Å². The molecule has 5 heteroatoms. The molecule has 0 spiro atoms. The summed E-state index contributed by atoms with van der Waals surface area (Å²) in [4.78, 5) is 11.9. The number of nitrogens with zero attached hydrogens (tertiary/aromatic N) is 2. The van der Waals surface area contributed by atoms with Gasteiger partial charge in [0.1, 0.15) is 11.0 Å². The topological polar surface area (TPSA) is 26.9 Å². The molecule has 0 saturated heterocycles. The Bertz CT molecular complexity index is 557. The number of para-hydroxylation sites is 1. The zero-order valence-electron chi connectivity index (χ0n) is 8.65. The number of benzene rings is 1. The second kappa shape index (κ2) is 4.36. The highest BCUT2D eigenvalue weighted by molar-refractivity contribution is 6.31. The van der Waals surface area contributed by atoms with E-state index in [0.29, 0.717) is 5.69 Å². The molecule has 0 radical (unpaired) electrons. The maximum Gasteiger partial charge on any atom is 0.290 e. The number of aromatic nitrogens is 2. The first-order valence-electron chi connectivity index (χ1n) is 4.76. The molecule has 0 aliphatic rings. The smallest absolute Gasteiger partial charge is 0.266 e. The molecule has 0 N–H and O–H groups in total. The summed E-state index contributed by atoms with van der Waals surface area (Å²) in [7, 11) is 0. The average molecular weight is 257 g/mol. The lowest BCUT2D eigenvalue weighted by Gasteiger charge is -2.09. The van der Waals surface area contributed by atoms with Gasteiger partial charge in [-0.25, -0.2) is 4.68 Å². The second-order valence-electron chi connectivity index (χ2n) is 3.37. The summed E-state index contributed by atoms with van der Waals surface area (Å²) in [6.45, 7) is 1.77. The van der Waals surface area contributed by atoms with Gasteiger partial charge in [-0.2, -0.15) is 0 Å². The van der Waals surface area contributed by atoms with Gasteiger partial charge in [-0.3, -0.25) is 9.48 Å². The van der Waals surface area contributed by atoms with Crippen molar-refractivity contribution in [3.63, 3.8) is 0 Å². The van der Waals surface area contributed by atoms with E-state index in [1.807, 2.05) is 30.3 Å². The standard InChI is InChI=1S/C11H10Cl2N2O/c1-8-10(13)11(16)15(14(8)7-12)9-5-3-2-4-6-9/h2-6H,7H2,1H3. The van der Waals surface area contributed by atoms with Crippen molar-refractivity contribution in [3.05, 3.63) is 51.4 Å². The van der Waals surface area contributed by atoms with Crippen LogP contribution < -0.4 is 5.56 Å². The Balaban J connectivity index is 2.75. The maximum absolute atomic E-state index is 11.9. The summed E-state index contributed by atoms with van der Waals surface area (Å²) >= 11 is 11.7. The van der Waals surface area contributed by atoms with Crippen LogP contribution >= 0.6 is 23.2 Å². The average Bonchev–Trinajstić information content (AvgIpc) is 2.54. The van der Waals surface area contributed by atoms with E-state index in [-0.39, 0.29) is 16.6 Å². The summed E-state index contributed by atoms with van der Waals surface area (Å²) in [5.41, 5.74) is 1.18. The zero-order chi connectivity index (χ0) is 11.7. The molecule has 0 saturated carbocycles. The van der Waals surface area contributed by atoms with Gasteiger partial charge in [0.15, 0.2) is 0 Å². The van der Waals surface area contributed by atoms with Gasteiger partial charge in [-0.05, 0) is 19.1 Å². The summed E-state index contributed by atoms with van der Waals surface area (Å²) in [6, 6.07) is 9.45. The molecule has 0 amide bonds. The Morgan fingerprint density at radius 2 is 1.88 bits per heavy atom. The van der Waals surface area contributed by atoms with Crippen LogP contribution in [0.4, 0.5) is 0 Å². The molecule has 0 fully saturated rings. The first kappa shape index (κ1) is 11.3. The molecule has 0 atom stereocenters. The van der Waals surface area contributed by atoms with E-state index in [0.717, 1.165) is 5.69 Å². The summed E-state index contributed by atoms with van der Waals surface area (Å²) < 4.78 is 3.12. The Kier molecular flexibility index (Phi) is 3.08. The van der Waals surface area contributed by atoms with Gasteiger partial charge >= 0.3 is 0 Å². The number of rotatable bonds is 2. The van der Waals surface area contributed by atoms with E-state index in [9.17, 15) is 4.79 Å². The third-order valence-electron chi connectivity index (χ3n) is 2.44. The molecule has 1 heterocycles. The van der Waals surface area contributed by atoms with Crippen molar-refractivity contribution in [3.8, 4) is 5.69 Å². The van der Waals surface area contributed by atoms with Crippen LogP contribution in [0.3, 0.4) is 0 Å². The van der Waals surface area contributed by atoms with E-state index in [1.165, 1.54) is 4.68 Å². The first-order valence-corrected chi connectivity index (χ1v) is 5.67. The molecule has 0 unspecified atom stereocenters. The van der Waals surface area contributed by atoms with E-state index in [1.54, 1.807) is 11.6 Å². The second-order valence-corrected chi connectivity index (χ2v) is 3.99. The fourth-order valence-corrected chi connectivity index (χ4v) is 2.05. The monoisotopic (exact) mass is 256 g/mol. The Labute approximate surface area is 103 Å². The number of alkyl halides is 1. The molecule has 0 bridgehead atoms. The van der Waals surface area contributed by atoms with Gasteiger partial charge in [-0.1, -0.05) is 29.8 Å². The normalized spacial score (nSPS) is 10.7. The van der Waals surface area contributed by atoms with Crippen molar-refractivity contribution >= 4 is 23.2 Å². The van der Waals surface area contributed by atoms with Gasteiger partial charge in [0.05, 0.1) is 11.4 Å². The largest absolute Gasteiger partial charge is 0.290 e. The summed E-state index contributed by atoms with van der Waals surface area (Å²) in [5.74, 6) is 0. The molecule has 1 aromatic heterocycles. The van der Waals surface area contributed by atoms with Gasteiger partial charge < -0.3 is 0 Å². The van der Waals surface area contributed by atoms with Gasteiger partial charge in [0.2, 0.25) is 0 Å². The van der Waals surface area contributed by atoms with Crippen LogP contribution in [-0.4, -0.2) is 9.36 Å². The third kappa shape index (κ3) is 1.66. The SMILES string of the molecule is Cc1c(Cl)c(=O)n(-c2ccccc2)n1CCl.